The number of aromatic nitrogens is 2. The SMILES string of the molecule is CC(C)c1nnc(NC(=O)CN2CCSC2=O)s1. The van der Waals surface area contributed by atoms with Gasteiger partial charge in [0.15, 0.2) is 0 Å². The van der Waals surface area contributed by atoms with E-state index in [2.05, 4.69) is 15.5 Å². The highest BCUT2D eigenvalue weighted by atomic mass is 32.2. The van der Waals surface area contributed by atoms with Crippen LogP contribution < -0.4 is 5.32 Å². The molecular weight excluding hydrogens is 272 g/mol. The molecule has 1 saturated heterocycles. The molecule has 0 radical (unpaired) electrons. The van der Waals surface area contributed by atoms with Crippen molar-refractivity contribution in [3.05, 3.63) is 5.01 Å². The number of carbonyl (C=O) groups is 2. The molecule has 1 aliphatic heterocycles. The third kappa shape index (κ3) is 3.20. The van der Waals surface area contributed by atoms with Gasteiger partial charge < -0.3 is 4.90 Å². The van der Waals surface area contributed by atoms with Gasteiger partial charge in [-0.05, 0) is 0 Å². The van der Waals surface area contributed by atoms with Crippen LogP contribution in [0.1, 0.15) is 24.8 Å². The predicted octanol–water partition coefficient (Wildman–Crippen LogP) is 1.77. The molecule has 1 aromatic rings. The standard InChI is InChI=1S/C10H14N4O2S2/c1-6(2)8-12-13-9(18-8)11-7(15)5-14-3-4-17-10(14)16/h6H,3-5H2,1-2H3,(H,11,13,15). The zero-order chi connectivity index (χ0) is 13.1. The third-order valence-corrected chi connectivity index (χ3v) is 4.39. The summed E-state index contributed by atoms with van der Waals surface area (Å²) in [6.45, 7) is 4.76. The van der Waals surface area contributed by atoms with Crippen molar-refractivity contribution in [3.8, 4) is 0 Å². The number of hydrogen-bond donors (Lipinski definition) is 1. The van der Waals surface area contributed by atoms with Gasteiger partial charge in [-0.2, -0.15) is 0 Å². The summed E-state index contributed by atoms with van der Waals surface area (Å²) in [7, 11) is 0. The van der Waals surface area contributed by atoms with Gasteiger partial charge in [-0.25, -0.2) is 0 Å². The summed E-state index contributed by atoms with van der Waals surface area (Å²) in [6, 6.07) is 0. The van der Waals surface area contributed by atoms with Gasteiger partial charge in [0.1, 0.15) is 11.6 Å². The maximum Gasteiger partial charge on any atom is 0.282 e. The van der Waals surface area contributed by atoms with E-state index in [0.717, 1.165) is 10.8 Å². The van der Waals surface area contributed by atoms with Crippen LogP contribution in [0.25, 0.3) is 0 Å². The second-order valence-corrected chi connectivity index (χ2v) is 6.24. The highest BCUT2D eigenvalue weighted by molar-refractivity contribution is 8.13. The molecular formula is C10H14N4O2S2. The van der Waals surface area contributed by atoms with Gasteiger partial charge in [-0.15, -0.1) is 10.2 Å². The molecule has 98 valence electrons. The highest BCUT2D eigenvalue weighted by Gasteiger charge is 2.23. The van der Waals surface area contributed by atoms with E-state index in [4.69, 9.17) is 0 Å². The smallest absolute Gasteiger partial charge is 0.282 e. The lowest BCUT2D eigenvalue weighted by atomic mass is 10.2. The van der Waals surface area contributed by atoms with E-state index < -0.39 is 0 Å². The first kappa shape index (κ1) is 13.3. The summed E-state index contributed by atoms with van der Waals surface area (Å²) in [5.74, 6) is 0.824. The van der Waals surface area contributed by atoms with Gasteiger partial charge in [-0.1, -0.05) is 36.9 Å². The van der Waals surface area contributed by atoms with Crippen LogP contribution in [0.5, 0.6) is 0 Å². The number of anilines is 1. The lowest BCUT2D eigenvalue weighted by molar-refractivity contribution is -0.116. The quantitative estimate of drug-likeness (QED) is 0.913. The van der Waals surface area contributed by atoms with E-state index in [-0.39, 0.29) is 17.7 Å². The Kier molecular flexibility index (Phi) is 4.18. The molecule has 2 amide bonds. The molecule has 1 aliphatic rings. The van der Waals surface area contributed by atoms with Gasteiger partial charge in [-0.3, -0.25) is 14.9 Å². The van der Waals surface area contributed by atoms with E-state index >= 15 is 0 Å². The molecule has 0 atom stereocenters. The van der Waals surface area contributed by atoms with Gasteiger partial charge in [0, 0.05) is 18.2 Å². The number of thioether (sulfide) groups is 1. The number of carbonyl (C=O) groups excluding carboxylic acids is 2. The lowest BCUT2D eigenvalue weighted by Crippen LogP contribution is -2.33. The Morgan fingerprint density at radius 1 is 1.50 bits per heavy atom. The van der Waals surface area contributed by atoms with Crippen molar-refractivity contribution in [1.82, 2.24) is 15.1 Å². The zero-order valence-corrected chi connectivity index (χ0v) is 11.8. The van der Waals surface area contributed by atoms with Crippen LogP contribution in [-0.4, -0.2) is 45.1 Å². The van der Waals surface area contributed by atoms with Crippen LogP contribution in [0, 0.1) is 0 Å². The summed E-state index contributed by atoms with van der Waals surface area (Å²) in [6.07, 6.45) is 0. The highest BCUT2D eigenvalue weighted by Crippen LogP contribution is 2.22. The number of hydrogen-bond acceptors (Lipinski definition) is 6. The second kappa shape index (κ2) is 5.66. The Bertz CT molecular complexity index is 460. The molecule has 0 aliphatic carbocycles. The molecule has 0 spiro atoms. The molecule has 2 rings (SSSR count). The van der Waals surface area contributed by atoms with Crippen molar-refractivity contribution in [2.45, 2.75) is 19.8 Å². The summed E-state index contributed by atoms with van der Waals surface area (Å²) >= 11 is 2.61. The minimum atomic E-state index is -0.225. The number of rotatable bonds is 4. The van der Waals surface area contributed by atoms with Gasteiger partial charge in [0.05, 0.1) is 0 Å². The Morgan fingerprint density at radius 2 is 2.28 bits per heavy atom. The van der Waals surface area contributed by atoms with Crippen LogP contribution in [0.2, 0.25) is 0 Å². The fourth-order valence-corrected chi connectivity index (χ4v) is 3.01. The first-order valence-corrected chi connectivity index (χ1v) is 7.41. The minimum Gasteiger partial charge on any atom is -0.323 e. The van der Waals surface area contributed by atoms with Crippen molar-refractivity contribution in [3.63, 3.8) is 0 Å². The zero-order valence-electron chi connectivity index (χ0n) is 10.2. The van der Waals surface area contributed by atoms with E-state index in [1.165, 1.54) is 28.0 Å². The van der Waals surface area contributed by atoms with Crippen molar-refractivity contribution >= 4 is 39.4 Å². The van der Waals surface area contributed by atoms with Crippen LogP contribution in [0.15, 0.2) is 0 Å². The van der Waals surface area contributed by atoms with E-state index in [1.54, 1.807) is 0 Å². The molecule has 18 heavy (non-hydrogen) atoms. The molecule has 0 unspecified atom stereocenters. The first-order chi connectivity index (χ1) is 8.56. The maximum absolute atomic E-state index is 11.7. The molecule has 0 bridgehead atoms. The number of nitrogens with one attached hydrogen (secondary N) is 1. The van der Waals surface area contributed by atoms with Gasteiger partial charge >= 0.3 is 0 Å². The molecule has 1 fully saturated rings. The van der Waals surface area contributed by atoms with E-state index in [9.17, 15) is 9.59 Å². The largest absolute Gasteiger partial charge is 0.323 e. The minimum absolute atomic E-state index is 0.0368. The average molecular weight is 286 g/mol. The van der Waals surface area contributed by atoms with Crippen LogP contribution in [-0.2, 0) is 4.79 Å². The van der Waals surface area contributed by atoms with Crippen LogP contribution in [0.4, 0.5) is 9.93 Å². The van der Waals surface area contributed by atoms with Crippen LogP contribution >= 0.6 is 23.1 Å². The van der Waals surface area contributed by atoms with Crippen LogP contribution in [0.3, 0.4) is 0 Å². The normalized spacial score (nSPS) is 15.5. The summed E-state index contributed by atoms with van der Waals surface area (Å²) in [4.78, 5) is 24.6. The number of nitrogens with zero attached hydrogens (tertiary/aromatic N) is 3. The molecule has 1 N–H and O–H groups in total. The van der Waals surface area contributed by atoms with Crippen molar-refractivity contribution in [2.24, 2.45) is 0 Å². The van der Waals surface area contributed by atoms with Crippen molar-refractivity contribution in [2.75, 3.05) is 24.2 Å². The average Bonchev–Trinajstić information content (AvgIpc) is 2.89. The molecule has 6 nitrogen and oxygen atoms in total. The summed E-state index contributed by atoms with van der Waals surface area (Å²) in [5.41, 5.74) is 0. The van der Waals surface area contributed by atoms with E-state index in [0.29, 0.717) is 17.6 Å². The topological polar surface area (TPSA) is 75.2 Å². The Hall–Kier alpha value is -1.15. The Labute approximate surface area is 113 Å². The summed E-state index contributed by atoms with van der Waals surface area (Å²) in [5, 5.41) is 11.9. The lowest BCUT2D eigenvalue weighted by Gasteiger charge is -2.12. The second-order valence-electron chi connectivity index (χ2n) is 4.18. The molecule has 2 heterocycles. The van der Waals surface area contributed by atoms with Gasteiger partial charge in [0.2, 0.25) is 11.0 Å². The Balaban J connectivity index is 1.88. The Morgan fingerprint density at radius 3 is 2.83 bits per heavy atom. The molecule has 0 aromatic carbocycles. The van der Waals surface area contributed by atoms with Crippen molar-refractivity contribution < 1.29 is 9.59 Å². The molecule has 8 heteroatoms. The van der Waals surface area contributed by atoms with E-state index in [1.807, 2.05) is 13.8 Å². The van der Waals surface area contributed by atoms with Crippen molar-refractivity contribution in [1.29, 1.82) is 0 Å². The number of amides is 2. The molecule has 0 saturated carbocycles. The predicted molar refractivity (Wildman–Crippen MR) is 72.1 cm³/mol. The maximum atomic E-state index is 11.7. The van der Waals surface area contributed by atoms with Gasteiger partial charge in [0.25, 0.3) is 5.24 Å². The first-order valence-electron chi connectivity index (χ1n) is 5.61. The summed E-state index contributed by atoms with van der Waals surface area (Å²) < 4.78 is 0. The molecule has 1 aromatic heterocycles. The fourth-order valence-electron chi connectivity index (χ4n) is 1.42. The fraction of sp³-hybridized carbons (Fsp3) is 0.600. The third-order valence-electron chi connectivity index (χ3n) is 2.36. The monoisotopic (exact) mass is 286 g/mol.